The van der Waals surface area contributed by atoms with Crippen LogP contribution in [0.15, 0.2) is 24.3 Å². The number of benzene rings is 1. The zero-order chi connectivity index (χ0) is 18.4. The molecular formula is C21H33N3O2. The van der Waals surface area contributed by atoms with Crippen LogP contribution in [0.3, 0.4) is 0 Å². The fraction of sp³-hybridized carbons (Fsp3) is 0.667. The summed E-state index contributed by atoms with van der Waals surface area (Å²) in [6.07, 6.45) is 1.27. The van der Waals surface area contributed by atoms with Crippen molar-refractivity contribution in [2.24, 2.45) is 11.8 Å². The van der Waals surface area contributed by atoms with E-state index in [2.05, 4.69) is 53.2 Å². The summed E-state index contributed by atoms with van der Waals surface area (Å²) in [6.45, 7) is 12.4. The van der Waals surface area contributed by atoms with E-state index < -0.39 is 0 Å². The third-order valence-electron chi connectivity index (χ3n) is 5.33. The minimum absolute atomic E-state index is 0.128. The van der Waals surface area contributed by atoms with Crippen LogP contribution in [0.25, 0.3) is 0 Å². The topological polar surface area (TPSA) is 44.8 Å². The number of carbonyl (C=O) groups is 1. The second kappa shape index (κ2) is 9.49. The molecule has 0 aliphatic carbocycles. The third-order valence-corrected chi connectivity index (χ3v) is 5.33. The molecule has 2 fully saturated rings. The summed E-state index contributed by atoms with van der Waals surface area (Å²) < 4.78 is 5.39. The third kappa shape index (κ3) is 6.08. The van der Waals surface area contributed by atoms with Gasteiger partial charge >= 0.3 is 0 Å². The highest BCUT2D eigenvalue weighted by Crippen LogP contribution is 2.20. The van der Waals surface area contributed by atoms with E-state index in [1.807, 2.05) is 0 Å². The Morgan fingerprint density at radius 2 is 1.65 bits per heavy atom. The molecule has 0 saturated carbocycles. The van der Waals surface area contributed by atoms with Gasteiger partial charge in [0.05, 0.1) is 19.8 Å². The Labute approximate surface area is 157 Å². The summed E-state index contributed by atoms with van der Waals surface area (Å²) in [7, 11) is 0. The summed E-state index contributed by atoms with van der Waals surface area (Å²) in [5.41, 5.74) is 2.47. The zero-order valence-corrected chi connectivity index (χ0v) is 16.2. The smallest absolute Gasteiger partial charge is 0.234 e. The van der Waals surface area contributed by atoms with E-state index in [1.165, 1.54) is 12.0 Å². The summed E-state index contributed by atoms with van der Waals surface area (Å²) >= 11 is 0. The molecule has 2 saturated heterocycles. The molecule has 1 N–H and O–H groups in total. The number of piperidine rings is 1. The number of carbonyl (C=O) groups excluding carboxylic acids is 1. The minimum Gasteiger partial charge on any atom is -0.379 e. The molecular weight excluding hydrogens is 326 g/mol. The van der Waals surface area contributed by atoms with Crippen molar-refractivity contribution >= 4 is 5.91 Å². The molecule has 0 spiro atoms. The summed E-state index contributed by atoms with van der Waals surface area (Å²) in [6, 6.07) is 8.60. The molecule has 1 aromatic rings. The van der Waals surface area contributed by atoms with Crippen LogP contribution in [-0.4, -0.2) is 61.6 Å². The molecule has 0 bridgehead atoms. The van der Waals surface area contributed by atoms with E-state index in [0.717, 1.165) is 51.5 Å². The maximum Gasteiger partial charge on any atom is 0.234 e. The highest BCUT2D eigenvalue weighted by atomic mass is 16.5. The van der Waals surface area contributed by atoms with Crippen LogP contribution in [0.1, 0.15) is 31.4 Å². The molecule has 26 heavy (non-hydrogen) atoms. The average Bonchev–Trinajstić information content (AvgIpc) is 2.61. The lowest BCUT2D eigenvalue weighted by molar-refractivity contribution is -0.123. The average molecular weight is 360 g/mol. The van der Waals surface area contributed by atoms with Crippen molar-refractivity contribution in [3.05, 3.63) is 35.4 Å². The number of rotatable bonds is 6. The van der Waals surface area contributed by atoms with Gasteiger partial charge in [0.1, 0.15) is 0 Å². The molecule has 2 aliphatic heterocycles. The molecule has 3 rings (SSSR count). The van der Waals surface area contributed by atoms with Crippen LogP contribution in [0.2, 0.25) is 0 Å². The Hall–Kier alpha value is -1.43. The standard InChI is InChI=1S/C21H33N3O2/c1-17-11-18(2)14-24(13-17)16-21(25)22-12-19-3-5-20(6-4-19)15-23-7-9-26-10-8-23/h3-6,17-18H,7-16H2,1-2H3,(H,22,25)/t17-,18-/m0/s1. The van der Waals surface area contributed by atoms with Crippen molar-refractivity contribution in [2.45, 2.75) is 33.4 Å². The van der Waals surface area contributed by atoms with Crippen molar-refractivity contribution in [1.82, 2.24) is 15.1 Å². The van der Waals surface area contributed by atoms with Crippen molar-refractivity contribution in [2.75, 3.05) is 45.9 Å². The molecule has 5 nitrogen and oxygen atoms in total. The number of morpholine rings is 1. The lowest BCUT2D eigenvalue weighted by Gasteiger charge is -2.34. The number of amides is 1. The molecule has 0 unspecified atom stereocenters. The van der Waals surface area contributed by atoms with E-state index in [9.17, 15) is 4.79 Å². The molecule has 2 aliphatic rings. The Bertz CT molecular complexity index is 559. The van der Waals surface area contributed by atoms with Gasteiger partial charge in [-0.25, -0.2) is 0 Å². The normalized spacial score (nSPS) is 25.2. The highest BCUT2D eigenvalue weighted by molar-refractivity contribution is 5.78. The summed E-state index contributed by atoms with van der Waals surface area (Å²) in [5.74, 6) is 1.50. The monoisotopic (exact) mass is 359 g/mol. The maximum atomic E-state index is 12.3. The first kappa shape index (κ1) is 19.3. The van der Waals surface area contributed by atoms with Gasteiger partial charge in [-0.3, -0.25) is 14.6 Å². The molecule has 0 aromatic heterocycles. The highest BCUT2D eigenvalue weighted by Gasteiger charge is 2.23. The van der Waals surface area contributed by atoms with Gasteiger partial charge in [0.2, 0.25) is 5.91 Å². The fourth-order valence-electron chi connectivity index (χ4n) is 4.16. The van der Waals surface area contributed by atoms with Crippen molar-refractivity contribution < 1.29 is 9.53 Å². The van der Waals surface area contributed by atoms with Gasteiger partial charge in [-0.2, -0.15) is 0 Å². The van der Waals surface area contributed by atoms with Crippen molar-refractivity contribution in [1.29, 1.82) is 0 Å². The fourth-order valence-corrected chi connectivity index (χ4v) is 4.16. The van der Waals surface area contributed by atoms with E-state index in [4.69, 9.17) is 4.74 Å². The lowest BCUT2D eigenvalue weighted by Crippen LogP contribution is -2.44. The van der Waals surface area contributed by atoms with Crippen LogP contribution in [0, 0.1) is 11.8 Å². The van der Waals surface area contributed by atoms with Crippen molar-refractivity contribution in [3.63, 3.8) is 0 Å². The van der Waals surface area contributed by atoms with Crippen LogP contribution in [0.4, 0.5) is 0 Å². The van der Waals surface area contributed by atoms with Gasteiger partial charge in [0.25, 0.3) is 0 Å². The molecule has 2 heterocycles. The summed E-state index contributed by atoms with van der Waals surface area (Å²) in [5, 5.41) is 3.07. The number of nitrogens with one attached hydrogen (secondary N) is 1. The second-order valence-electron chi connectivity index (χ2n) is 8.12. The van der Waals surface area contributed by atoms with Crippen LogP contribution in [0.5, 0.6) is 0 Å². The van der Waals surface area contributed by atoms with Crippen molar-refractivity contribution in [3.8, 4) is 0 Å². The van der Waals surface area contributed by atoms with Gasteiger partial charge in [0, 0.05) is 39.3 Å². The quantitative estimate of drug-likeness (QED) is 0.845. The molecule has 144 valence electrons. The van der Waals surface area contributed by atoms with E-state index in [0.29, 0.717) is 24.9 Å². The molecule has 1 aromatic carbocycles. The van der Waals surface area contributed by atoms with E-state index in [1.54, 1.807) is 0 Å². The van der Waals surface area contributed by atoms with Crippen LogP contribution >= 0.6 is 0 Å². The van der Waals surface area contributed by atoms with Gasteiger partial charge in [0.15, 0.2) is 0 Å². The number of ether oxygens (including phenoxy) is 1. The van der Waals surface area contributed by atoms with Crippen LogP contribution in [-0.2, 0) is 22.6 Å². The predicted molar refractivity (Wildman–Crippen MR) is 104 cm³/mol. The minimum atomic E-state index is 0.128. The first-order valence-electron chi connectivity index (χ1n) is 9.95. The second-order valence-corrected chi connectivity index (χ2v) is 8.12. The van der Waals surface area contributed by atoms with Gasteiger partial charge in [-0.05, 0) is 29.4 Å². The molecule has 2 atom stereocenters. The van der Waals surface area contributed by atoms with E-state index >= 15 is 0 Å². The Morgan fingerprint density at radius 3 is 2.31 bits per heavy atom. The Balaban J connectivity index is 1.40. The molecule has 1 amide bonds. The number of likely N-dealkylation sites (tertiary alicyclic amines) is 1. The predicted octanol–water partition coefficient (Wildman–Crippen LogP) is 2.11. The van der Waals surface area contributed by atoms with Gasteiger partial charge < -0.3 is 10.1 Å². The summed E-state index contributed by atoms with van der Waals surface area (Å²) in [4.78, 5) is 17.0. The van der Waals surface area contributed by atoms with Gasteiger partial charge in [-0.1, -0.05) is 38.1 Å². The SMILES string of the molecule is C[C@H]1C[C@H](C)CN(CC(=O)NCc2ccc(CN3CCOCC3)cc2)C1. The number of nitrogens with zero attached hydrogens (tertiary/aromatic N) is 2. The Kier molecular flexibility index (Phi) is 7.06. The largest absolute Gasteiger partial charge is 0.379 e. The number of hydrogen-bond donors (Lipinski definition) is 1. The molecule has 5 heteroatoms. The maximum absolute atomic E-state index is 12.3. The Morgan fingerprint density at radius 1 is 1.04 bits per heavy atom. The molecule has 0 radical (unpaired) electrons. The van der Waals surface area contributed by atoms with E-state index in [-0.39, 0.29) is 5.91 Å². The first-order chi connectivity index (χ1) is 12.6. The van der Waals surface area contributed by atoms with Crippen LogP contribution < -0.4 is 5.32 Å². The first-order valence-corrected chi connectivity index (χ1v) is 9.95. The lowest BCUT2D eigenvalue weighted by atomic mass is 9.92. The van der Waals surface area contributed by atoms with Gasteiger partial charge in [-0.15, -0.1) is 0 Å². The number of hydrogen-bond acceptors (Lipinski definition) is 4. The zero-order valence-electron chi connectivity index (χ0n) is 16.2.